The van der Waals surface area contributed by atoms with E-state index in [0.29, 0.717) is 0 Å². The summed E-state index contributed by atoms with van der Waals surface area (Å²) in [5.74, 6) is -0.254. The lowest BCUT2D eigenvalue weighted by Gasteiger charge is -2.20. The van der Waals surface area contributed by atoms with Crippen LogP contribution in [0.15, 0.2) is 0 Å². The number of ether oxygens (including phenoxy) is 1. The molecule has 1 fully saturated rings. The second-order valence-electron chi connectivity index (χ2n) is 4.19. The molecule has 0 radical (unpaired) electrons. The van der Waals surface area contributed by atoms with Gasteiger partial charge in [0.15, 0.2) is 0 Å². The maximum Gasteiger partial charge on any atom is 0.322 e. The molecule has 0 saturated heterocycles. The third-order valence-electron chi connectivity index (χ3n) is 2.71. The van der Waals surface area contributed by atoms with E-state index in [0.717, 1.165) is 12.8 Å². The van der Waals surface area contributed by atoms with E-state index in [2.05, 4.69) is 0 Å². The summed E-state index contributed by atoms with van der Waals surface area (Å²) in [5, 5.41) is 0. The first-order valence-corrected chi connectivity index (χ1v) is 5.66. The molecule has 0 aromatic heterocycles. The molecule has 0 bridgehead atoms. The maximum atomic E-state index is 11.3. The summed E-state index contributed by atoms with van der Waals surface area (Å²) >= 11 is 0. The van der Waals surface area contributed by atoms with E-state index < -0.39 is 6.04 Å². The van der Waals surface area contributed by atoms with Crippen LogP contribution in [-0.4, -0.2) is 18.1 Å². The second kappa shape index (κ2) is 6.02. The van der Waals surface area contributed by atoms with E-state index in [1.165, 1.54) is 32.1 Å². The maximum absolute atomic E-state index is 11.3. The fourth-order valence-electron chi connectivity index (χ4n) is 1.81. The van der Waals surface area contributed by atoms with Crippen LogP contribution < -0.4 is 5.73 Å². The SMILES string of the molecule is C[C@H](N)C(=O)OC1CCCCCCC1. The molecule has 1 atom stereocenters. The van der Waals surface area contributed by atoms with Gasteiger partial charge in [0.2, 0.25) is 0 Å². The zero-order chi connectivity index (χ0) is 10.4. The molecule has 2 N–H and O–H groups in total. The van der Waals surface area contributed by atoms with E-state index in [1.54, 1.807) is 6.92 Å². The van der Waals surface area contributed by atoms with E-state index in [-0.39, 0.29) is 12.1 Å². The Morgan fingerprint density at radius 1 is 1.21 bits per heavy atom. The van der Waals surface area contributed by atoms with Gasteiger partial charge < -0.3 is 10.5 Å². The first-order valence-electron chi connectivity index (χ1n) is 5.66. The zero-order valence-corrected chi connectivity index (χ0v) is 9.00. The van der Waals surface area contributed by atoms with Crippen molar-refractivity contribution in [3.05, 3.63) is 0 Å². The quantitative estimate of drug-likeness (QED) is 0.692. The summed E-state index contributed by atoms with van der Waals surface area (Å²) in [5.41, 5.74) is 5.45. The Morgan fingerprint density at radius 3 is 2.21 bits per heavy atom. The number of hydrogen-bond donors (Lipinski definition) is 1. The molecule has 1 rings (SSSR count). The minimum atomic E-state index is -0.486. The van der Waals surface area contributed by atoms with Crippen molar-refractivity contribution in [3.8, 4) is 0 Å². The highest BCUT2D eigenvalue weighted by Gasteiger charge is 2.17. The van der Waals surface area contributed by atoms with E-state index >= 15 is 0 Å². The molecule has 0 amide bonds. The Kier molecular flexibility index (Phi) is 4.94. The minimum absolute atomic E-state index is 0.119. The van der Waals surface area contributed by atoms with E-state index in [4.69, 9.17) is 10.5 Å². The van der Waals surface area contributed by atoms with Gasteiger partial charge in [0.05, 0.1) is 0 Å². The lowest BCUT2D eigenvalue weighted by molar-refractivity contribution is -0.151. The molecular weight excluding hydrogens is 178 g/mol. The molecule has 0 spiro atoms. The smallest absolute Gasteiger partial charge is 0.322 e. The van der Waals surface area contributed by atoms with E-state index in [1.807, 2.05) is 0 Å². The summed E-state index contributed by atoms with van der Waals surface area (Å²) in [7, 11) is 0. The molecule has 0 aromatic carbocycles. The minimum Gasteiger partial charge on any atom is -0.461 e. The van der Waals surface area contributed by atoms with Crippen LogP contribution in [0.1, 0.15) is 51.9 Å². The molecule has 82 valence electrons. The summed E-state index contributed by atoms with van der Waals surface area (Å²) in [4.78, 5) is 11.3. The Balaban J connectivity index is 2.30. The van der Waals surface area contributed by atoms with Gasteiger partial charge in [0.25, 0.3) is 0 Å². The topological polar surface area (TPSA) is 52.3 Å². The van der Waals surface area contributed by atoms with Crippen molar-refractivity contribution in [1.29, 1.82) is 0 Å². The fraction of sp³-hybridized carbons (Fsp3) is 0.909. The monoisotopic (exact) mass is 199 g/mol. The molecular formula is C11H21NO2. The largest absolute Gasteiger partial charge is 0.461 e. The van der Waals surface area contributed by atoms with Crippen molar-refractivity contribution in [2.75, 3.05) is 0 Å². The van der Waals surface area contributed by atoms with Crippen LogP contribution in [0.3, 0.4) is 0 Å². The Labute approximate surface area is 86.0 Å². The first kappa shape index (κ1) is 11.5. The normalized spacial score (nSPS) is 22.1. The van der Waals surface area contributed by atoms with Crippen LogP contribution in [0.4, 0.5) is 0 Å². The number of esters is 1. The fourth-order valence-corrected chi connectivity index (χ4v) is 1.81. The number of nitrogens with two attached hydrogens (primary N) is 1. The summed E-state index contributed by atoms with van der Waals surface area (Å²) in [6.07, 6.45) is 8.37. The van der Waals surface area contributed by atoms with Gasteiger partial charge in [-0.2, -0.15) is 0 Å². The van der Waals surface area contributed by atoms with Crippen molar-refractivity contribution in [1.82, 2.24) is 0 Å². The number of carbonyl (C=O) groups is 1. The summed E-state index contributed by atoms with van der Waals surface area (Å²) in [6, 6.07) is -0.486. The highest BCUT2D eigenvalue weighted by Crippen LogP contribution is 2.19. The van der Waals surface area contributed by atoms with Gasteiger partial charge in [0, 0.05) is 0 Å². The molecule has 3 heteroatoms. The van der Waals surface area contributed by atoms with Gasteiger partial charge in [-0.05, 0) is 32.6 Å². The molecule has 0 heterocycles. The molecule has 0 aromatic rings. The number of hydrogen-bond acceptors (Lipinski definition) is 3. The highest BCUT2D eigenvalue weighted by atomic mass is 16.5. The van der Waals surface area contributed by atoms with Gasteiger partial charge in [-0.1, -0.05) is 19.3 Å². The average Bonchev–Trinajstić information content (AvgIpc) is 2.08. The van der Waals surface area contributed by atoms with Crippen LogP contribution in [0.25, 0.3) is 0 Å². The standard InChI is InChI=1S/C11H21NO2/c1-9(12)11(13)14-10-7-5-3-2-4-6-8-10/h9-10H,2-8,12H2,1H3/t9-/m0/s1. The molecule has 14 heavy (non-hydrogen) atoms. The Hall–Kier alpha value is -0.570. The lowest BCUT2D eigenvalue weighted by atomic mass is 9.98. The molecule has 0 unspecified atom stereocenters. The Bertz CT molecular complexity index is 172. The first-order chi connectivity index (χ1) is 6.70. The molecule has 1 aliphatic carbocycles. The lowest BCUT2D eigenvalue weighted by Crippen LogP contribution is -2.32. The summed E-state index contributed by atoms with van der Waals surface area (Å²) < 4.78 is 5.32. The van der Waals surface area contributed by atoms with E-state index in [9.17, 15) is 4.79 Å². The van der Waals surface area contributed by atoms with Crippen LogP contribution in [0.2, 0.25) is 0 Å². The Morgan fingerprint density at radius 2 is 1.71 bits per heavy atom. The van der Waals surface area contributed by atoms with Crippen molar-refractivity contribution in [2.45, 2.75) is 64.0 Å². The van der Waals surface area contributed by atoms with Gasteiger partial charge in [-0.3, -0.25) is 4.79 Å². The third kappa shape index (κ3) is 4.09. The van der Waals surface area contributed by atoms with Crippen LogP contribution in [0, 0.1) is 0 Å². The summed E-state index contributed by atoms with van der Waals surface area (Å²) in [6.45, 7) is 1.67. The van der Waals surface area contributed by atoms with Crippen LogP contribution in [0.5, 0.6) is 0 Å². The van der Waals surface area contributed by atoms with Crippen molar-refractivity contribution >= 4 is 5.97 Å². The van der Waals surface area contributed by atoms with Crippen LogP contribution >= 0.6 is 0 Å². The van der Waals surface area contributed by atoms with Gasteiger partial charge in [-0.25, -0.2) is 0 Å². The predicted molar refractivity (Wildman–Crippen MR) is 55.8 cm³/mol. The zero-order valence-electron chi connectivity index (χ0n) is 9.00. The van der Waals surface area contributed by atoms with Gasteiger partial charge >= 0.3 is 5.97 Å². The second-order valence-corrected chi connectivity index (χ2v) is 4.19. The number of rotatable bonds is 2. The van der Waals surface area contributed by atoms with Crippen molar-refractivity contribution in [3.63, 3.8) is 0 Å². The number of carbonyl (C=O) groups excluding carboxylic acids is 1. The molecule has 0 aliphatic heterocycles. The van der Waals surface area contributed by atoms with Crippen molar-refractivity contribution in [2.24, 2.45) is 5.73 Å². The predicted octanol–water partition coefficient (Wildman–Crippen LogP) is 1.99. The average molecular weight is 199 g/mol. The highest BCUT2D eigenvalue weighted by molar-refractivity contribution is 5.75. The molecule has 1 saturated carbocycles. The van der Waals surface area contributed by atoms with Gasteiger partial charge in [-0.15, -0.1) is 0 Å². The third-order valence-corrected chi connectivity index (χ3v) is 2.71. The molecule has 3 nitrogen and oxygen atoms in total. The van der Waals surface area contributed by atoms with Gasteiger partial charge in [0.1, 0.15) is 12.1 Å². The van der Waals surface area contributed by atoms with Crippen LogP contribution in [-0.2, 0) is 9.53 Å². The molecule has 1 aliphatic rings. The van der Waals surface area contributed by atoms with Crippen molar-refractivity contribution < 1.29 is 9.53 Å².